The first-order valence-electron chi connectivity index (χ1n) is 8.51. The Morgan fingerprint density at radius 3 is 2.32 bits per heavy atom. The number of benzene rings is 1. The fraction of sp³-hybridized carbons (Fsp3) is 0.389. The van der Waals surface area contributed by atoms with Crippen molar-refractivity contribution in [3.63, 3.8) is 0 Å². The quantitative estimate of drug-likeness (QED) is 0.828. The summed E-state index contributed by atoms with van der Waals surface area (Å²) in [5.41, 5.74) is -3.02. The molecule has 1 aromatic carbocycles. The average Bonchev–Trinajstić information content (AvgIpc) is 3.07. The molecule has 2 heterocycles. The largest absolute Gasteiger partial charge is 0.479 e. The Morgan fingerprint density at radius 2 is 1.79 bits per heavy atom. The van der Waals surface area contributed by atoms with Crippen molar-refractivity contribution in [1.82, 2.24) is 14.7 Å². The highest BCUT2D eigenvalue weighted by molar-refractivity contribution is 5.95. The normalized spacial score (nSPS) is 16.8. The molecule has 0 radical (unpaired) electrons. The molecule has 1 aliphatic heterocycles. The van der Waals surface area contributed by atoms with Gasteiger partial charge >= 0.3 is 12.1 Å². The third-order valence-corrected chi connectivity index (χ3v) is 4.89. The van der Waals surface area contributed by atoms with Crippen LogP contribution in [0.3, 0.4) is 0 Å². The molecule has 1 fully saturated rings. The molecule has 0 bridgehead atoms. The minimum atomic E-state index is -4.83. The maximum Gasteiger partial charge on any atom is 0.434 e. The van der Waals surface area contributed by atoms with Crippen LogP contribution in [-0.4, -0.2) is 55.5 Å². The van der Waals surface area contributed by atoms with E-state index in [0.717, 1.165) is 11.1 Å². The van der Waals surface area contributed by atoms with Gasteiger partial charge < -0.3 is 15.1 Å². The molecule has 0 unspecified atom stereocenters. The summed E-state index contributed by atoms with van der Waals surface area (Å²) < 4.78 is 42.0. The molecule has 3 rings (SSSR count). The molecule has 7 nitrogen and oxygen atoms in total. The Balaban J connectivity index is 1.96. The van der Waals surface area contributed by atoms with E-state index in [-0.39, 0.29) is 31.6 Å². The number of rotatable bonds is 3. The summed E-state index contributed by atoms with van der Waals surface area (Å²) in [6, 6.07) is 6.36. The van der Waals surface area contributed by atoms with Crippen molar-refractivity contribution < 1.29 is 33.0 Å². The van der Waals surface area contributed by atoms with Crippen molar-refractivity contribution >= 4 is 11.9 Å². The Morgan fingerprint density at radius 1 is 1.18 bits per heavy atom. The Bertz CT molecular complexity index is 915. The molecule has 1 saturated heterocycles. The molecule has 1 amide bonds. The number of para-hydroxylation sites is 1. The lowest BCUT2D eigenvalue weighted by molar-refractivity contribution is -0.162. The van der Waals surface area contributed by atoms with Crippen molar-refractivity contribution in [2.75, 3.05) is 13.1 Å². The fourth-order valence-corrected chi connectivity index (χ4v) is 3.23. The highest BCUT2D eigenvalue weighted by Gasteiger charge is 2.44. The van der Waals surface area contributed by atoms with Gasteiger partial charge in [-0.2, -0.15) is 18.3 Å². The van der Waals surface area contributed by atoms with E-state index < -0.39 is 34.9 Å². The molecule has 0 aliphatic carbocycles. The van der Waals surface area contributed by atoms with Gasteiger partial charge in [0.1, 0.15) is 0 Å². The maximum atomic E-state index is 13.8. The number of likely N-dealkylation sites (tertiary alicyclic amines) is 1. The van der Waals surface area contributed by atoms with Crippen LogP contribution in [0.1, 0.15) is 34.5 Å². The van der Waals surface area contributed by atoms with Crippen molar-refractivity contribution in [2.24, 2.45) is 0 Å². The van der Waals surface area contributed by atoms with Gasteiger partial charge in [-0.3, -0.25) is 4.79 Å². The van der Waals surface area contributed by atoms with Crippen LogP contribution in [-0.2, 0) is 11.0 Å². The number of hydrogen-bond donors (Lipinski definition) is 2. The fourth-order valence-electron chi connectivity index (χ4n) is 3.23. The molecular weight excluding hydrogens is 379 g/mol. The number of aliphatic carboxylic acids is 1. The number of carbonyl (C=O) groups excluding carboxylic acids is 1. The number of amides is 1. The van der Waals surface area contributed by atoms with Crippen molar-refractivity contribution in [1.29, 1.82) is 0 Å². The van der Waals surface area contributed by atoms with Crippen LogP contribution in [0.2, 0.25) is 0 Å². The first-order chi connectivity index (χ1) is 13.0. The predicted octanol–water partition coefficient (Wildman–Crippen LogP) is 2.25. The summed E-state index contributed by atoms with van der Waals surface area (Å²) in [5.74, 6) is -2.32. The Labute approximate surface area is 158 Å². The summed E-state index contributed by atoms with van der Waals surface area (Å²) in [4.78, 5) is 24.9. The monoisotopic (exact) mass is 397 g/mol. The van der Waals surface area contributed by atoms with Gasteiger partial charge in [0.25, 0.3) is 5.91 Å². The van der Waals surface area contributed by atoms with Crippen molar-refractivity contribution in [3.8, 4) is 5.69 Å². The van der Waals surface area contributed by atoms with E-state index in [9.17, 15) is 27.9 Å². The van der Waals surface area contributed by atoms with Gasteiger partial charge in [0.05, 0.1) is 17.4 Å². The SMILES string of the molecule is Cc1ccccc1-n1ncc(C(=O)N2CCC(O)(C(=O)O)CC2)c1C(F)(F)F. The summed E-state index contributed by atoms with van der Waals surface area (Å²) in [6.45, 7) is 1.29. The lowest BCUT2D eigenvalue weighted by Crippen LogP contribution is -2.51. The standard InChI is InChI=1S/C18H18F3N3O4/c1-11-4-2-3-5-13(11)24-14(18(19,20)21)12(10-22-24)15(25)23-8-6-17(28,7-9-23)16(26)27/h2-5,10,28H,6-9H2,1H3,(H,26,27). The van der Waals surface area contributed by atoms with Crippen molar-refractivity contribution in [2.45, 2.75) is 31.5 Å². The molecule has 2 N–H and O–H groups in total. The highest BCUT2D eigenvalue weighted by atomic mass is 19.4. The second kappa shape index (κ2) is 6.93. The summed E-state index contributed by atoms with van der Waals surface area (Å²) >= 11 is 0. The Kier molecular flexibility index (Phi) is 4.92. The zero-order chi connectivity index (χ0) is 20.7. The smallest absolute Gasteiger partial charge is 0.434 e. The molecule has 0 atom stereocenters. The lowest BCUT2D eigenvalue weighted by Gasteiger charge is -2.35. The zero-order valence-electron chi connectivity index (χ0n) is 14.9. The molecular formula is C18H18F3N3O4. The second-order valence-electron chi connectivity index (χ2n) is 6.73. The number of aliphatic hydroxyl groups is 1. The number of alkyl halides is 3. The van der Waals surface area contributed by atoms with Gasteiger partial charge in [-0.1, -0.05) is 18.2 Å². The number of carbonyl (C=O) groups is 2. The number of carboxylic acids is 1. The van der Waals surface area contributed by atoms with Crippen LogP contribution in [0, 0.1) is 6.92 Å². The number of carboxylic acid groups (broad SMARTS) is 1. The molecule has 1 aliphatic rings. The van der Waals surface area contributed by atoms with Gasteiger partial charge in [0.15, 0.2) is 11.3 Å². The van der Waals surface area contributed by atoms with Crippen LogP contribution in [0.25, 0.3) is 5.69 Å². The van der Waals surface area contributed by atoms with Crippen LogP contribution in [0.4, 0.5) is 13.2 Å². The number of halogens is 3. The number of hydrogen-bond acceptors (Lipinski definition) is 4. The van der Waals surface area contributed by atoms with Gasteiger partial charge in [0.2, 0.25) is 0 Å². The third kappa shape index (κ3) is 3.47. The third-order valence-electron chi connectivity index (χ3n) is 4.89. The van der Waals surface area contributed by atoms with Gasteiger partial charge in [-0.05, 0) is 18.6 Å². The van der Waals surface area contributed by atoms with Gasteiger partial charge in [0, 0.05) is 25.9 Å². The van der Waals surface area contributed by atoms with E-state index >= 15 is 0 Å². The molecule has 2 aromatic rings. The number of nitrogens with zero attached hydrogens (tertiary/aromatic N) is 3. The zero-order valence-corrected chi connectivity index (χ0v) is 14.9. The number of aryl methyl sites for hydroxylation is 1. The highest BCUT2D eigenvalue weighted by Crippen LogP contribution is 2.35. The van der Waals surface area contributed by atoms with Crippen LogP contribution in [0.5, 0.6) is 0 Å². The molecule has 150 valence electrons. The van der Waals surface area contributed by atoms with Crippen molar-refractivity contribution in [3.05, 3.63) is 47.3 Å². The van der Waals surface area contributed by atoms with E-state index in [1.54, 1.807) is 25.1 Å². The summed E-state index contributed by atoms with van der Waals surface area (Å²) in [5, 5.41) is 22.8. The van der Waals surface area contributed by atoms with Crippen LogP contribution >= 0.6 is 0 Å². The van der Waals surface area contributed by atoms with Crippen LogP contribution in [0.15, 0.2) is 30.5 Å². The van der Waals surface area contributed by atoms with Gasteiger partial charge in [-0.25, -0.2) is 9.48 Å². The van der Waals surface area contributed by atoms with E-state index in [4.69, 9.17) is 5.11 Å². The predicted molar refractivity (Wildman–Crippen MR) is 91.0 cm³/mol. The van der Waals surface area contributed by atoms with Crippen LogP contribution < -0.4 is 0 Å². The molecule has 0 spiro atoms. The van der Waals surface area contributed by atoms with E-state index in [1.807, 2.05) is 0 Å². The second-order valence-corrected chi connectivity index (χ2v) is 6.73. The number of piperidine rings is 1. The maximum absolute atomic E-state index is 13.8. The van der Waals surface area contributed by atoms with E-state index in [1.165, 1.54) is 6.07 Å². The molecule has 0 saturated carbocycles. The van der Waals surface area contributed by atoms with E-state index in [0.29, 0.717) is 10.2 Å². The first kappa shape index (κ1) is 19.9. The topological polar surface area (TPSA) is 95.7 Å². The molecule has 10 heteroatoms. The first-order valence-corrected chi connectivity index (χ1v) is 8.51. The Hall–Kier alpha value is -2.88. The molecule has 1 aromatic heterocycles. The molecule has 28 heavy (non-hydrogen) atoms. The minimum absolute atomic E-state index is 0.172. The van der Waals surface area contributed by atoms with E-state index in [2.05, 4.69) is 5.10 Å². The summed E-state index contributed by atoms with van der Waals surface area (Å²) in [6.07, 6.45) is -4.49. The lowest BCUT2D eigenvalue weighted by atomic mass is 9.91. The average molecular weight is 397 g/mol. The minimum Gasteiger partial charge on any atom is -0.479 e. The van der Waals surface area contributed by atoms with Gasteiger partial charge in [-0.15, -0.1) is 0 Å². The number of aromatic nitrogens is 2. The summed E-state index contributed by atoms with van der Waals surface area (Å²) in [7, 11) is 0.